The number of carbonyl (C=O) groups excluding carboxylic acids is 2. The molecule has 1 fully saturated rings. The Balaban J connectivity index is 1.49. The van der Waals surface area contributed by atoms with Crippen LogP contribution in [0.25, 0.3) is 10.9 Å². The molecule has 0 radical (unpaired) electrons. The summed E-state index contributed by atoms with van der Waals surface area (Å²) in [7, 11) is 1.55. The zero-order chi connectivity index (χ0) is 25.5. The van der Waals surface area contributed by atoms with Crippen LogP contribution in [0.1, 0.15) is 19.8 Å². The Morgan fingerprint density at radius 1 is 1.19 bits per heavy atom. The molecular formula is C27H29BrN4O4. The van der Waals surface area contributed by atoms with Crippen LogP contribution >= 0.6 is 15.9 Å². The average molecular weight is 553 g/mol. The lowest BCUT2D eigenvalue weighted by atomic mass is 10.1. The molecule has 1 saturated carbocycles. The summed E-state index contributed by atoms with van der Waals surface area (Å²) in [5.74, 6) is -0.0211. The van der Waals surface area contributed by atoms with Crippen LogP contribution in [0.2, 0.25) is 0 Å². The minimum absolute atomic E-state index is 0.226. The van der Waals surface area contributed by atoms with E-state index in [-0.39, 0.29) is 18.4 Å². The van der Waals surface area contributed by atoms with Crippen LogP contribution in [0.5, 0.6) is 5.75 Å². The zero-order valence-electron chi connectivity index (χ0n) is 20.3. The maximum absolute atomic E-state index is 12.7. The number of anilines is 3. The number of esters is 1. The third-order valence-electron chi connectivity index (χ3n) is 5.73. The van der Waals surface area contributed by atoms with Crippen molar-refractivity contribution in [2.24, 2.45) is 0 Å². The summed E-state index contributed by atoms with van der Waals surface area (Å²) in [6.07, 6.45) is 7.08. The first-order valence-corrected chi connectivity index (χ1v) is 12.6. The van der Waals surface area contributed by atoms with Gasteiger partial charge in [0, 0.05) is 52.2 Å². The van der Waals surface area contributed by atoms with Gasteiger partial charge in [0.25, 0.3) is 0 Å². The second-order valence-corrected chi connectivity index (χ2v) is 9.34. The van der Waals surface area contributed by atoms with Crippen LogP contribution in [0.4, 0.5) is 17.1 Å². The van der Waals surface area contributed by atoms with E-state index < -0.39 is 0 Å². The number of amides is 1. The van der Waals surface area contributed by atoms with Gasteiger partial charge < -0.3 is 20.1 Å². The first-order valence-electron chi connectivity index (χ1n) is 11.8. The summed E-state index contributed by atoms with van der Waals surface area (Å²) in [5, 5.41) is 7.16. The van der Waals surface area contributed by atoms with E-state index in [4.69, 9.17) is 9.47 Å². The average Bonchev–Trinajstić information content (AvgIpc) is 3.69. The molecule has 0 aliphatic heterocycles. The number of benzene rings is 2. The molecule has 0 atom stereocenters. The van der Waals surface area contributed by atoms with Crippen molar-refractivity contribution < 1.29 is 19.1 Å². The van der Waals surface area contributed by atoms with Crippen LogP contribution in [0.3, 0.4) is 0 Å². The smallest absolute Gasteiger partial charge is 0.320 e. The number of rotatable bonds is 11. The van der Waals surface area contributed by atoms with E-state index >= 15 is 0 Å². The molecule has 9 heteroatoms. The Labute approximate surface area is 218 Å². The van der Waals surface area contributed by atoms with Crippen LogP contribution in [-0.4, -0.2) is 54.6 Å². The third kappa shape index (κ3) is 6.83. The second kappa shape index (κ2) is 12.0. The van der Waals surface area contributed by atoms with E-state index in [9.17, 15) is 9.59 Å². The number of hydrogen-bond donors (Lipinski definition) is 2. The van der Waals surface area contributed by atoms with Crippen molar-refractivity contribution in [1.29, 1.82) is 0 Å². The quantitative estimate of drug-likeness (QED) is 0.247. The number of pyridine rings is 1. The van der Waals surface area contributed by atoms with Gasteiger partial charge in [-0.05, 0) is 50.1 Å². The monoisotopic (exact) mass is 552 g/mol. The lowest BCUT2D eigenvalue weighted by molar-refractivity contribution is -0.144. The van der Waals surface area contributed by atoms with Crippen molar-refractivity contribution >= 4 is 55.8 Å². The molecule has 0 bridgehead atoms. The summed E-state index contributed by atoms with van der Waals surface area (Å²) in [4.78, 5) is 31.1. The lowest BCUT2D eigenvalue weighted by Crippen LogP contribution is -2.33. The van der Waals surface area contributed by atoms with Gasteiger partial charge in [-0.3, -0.25) is 19.5 Å². The van der Waals surface area contributed by atoms with E-state index in [1.165, 1.54) is 6.08 Å². The predicted molar refractivity (Wildman–Crippen MR) is 145 cm³/mol. The molecule has 8 nitrogen and oxygen atoms in total. The fourth-order valence-electron chi connectivity index (χ4n) is 3.90. The standard InChI is InChI=1S/C27H29BrN4O4/c1-3-36-27(34)17-32(20-9-10-20)13-5-8-26(33)31-24-15-21-22(30-19-7-4-6-18(28)14-19)11-12-29-23(21)16-25(24)35-2/h4-8,11-12,14-16,20H,3,9-10,13,17H2,1-2H3,(H,29,30)(H,31,33). The van der Waals surface area contributed by atoms with Gasteiger partial charge in [-0.25, -0.2) is 0 Å². The highest BCUT2D eigenvalue weighted by molar-refractivity contribution is 9.10. The second-order valence-electron chi connectivity index (χ2n) is 8.42. The van der Waals surface area contributed by atoms with Crippen molar-refractivity contribution in [1.82, 2.24) is 9.88 Å². The molecule has 2 N–H and O–H groups in total. The molecule has 0 saturated heterocycles. The highest BCUT2D eigenvalue weighted by Gasteiger charge is 2.29. The highest BCUT2D eigenvalue weighted by atomic mass is 79.9. The first-order chi connectivity index (χ1) is 17.5. The molecule has 1 aromatic heterocycles. The largest absolute Gasteiger partial charge is 0.494 e. The van der Waals surface area contributed by atoms with Gasteiger partial charge in [-0.15, -0.1) is 0 Å². The number of methoxy groups -OCH3 is 1. The third-order valence-corrected chi connectivity index (χ3v) is 6.23. The molecule has 2 aromatic carbocycles. The minimum atomic E-state index is -0.287. The number of fused-ring (bicyclic) bond motifs is 1. The molecule has 0 spiro atoms. The molecule has 36 heavy (non-hydrogen) atoms. The van der Waals surface area contributed by atoms with E-state index in [1.807, 2.05) is 41.3 Å². The summed E-state index contributed by atoms with van der Waals surface area (Å²) in [6.45, 7) is 2.87. The van der Waals surface area contributed by atoms with E-state index in [1.54, 1.807) is 32.4 Å². The van der Waals surface area contributed by atoms with Crippen LogP contribution in [-0.2, 0) is 14.3 Å². The SMILES string of the molecule is CCOC(=O)CN(CC=CC(=O)Nc1cc2c(Nc3cccc(Br)c3)ccnc2cc1OC)C1CC1. The lowest BCUT2D eigenvalue weighted by Gasteiger charge is -2.18. The molecule has 0 unspecified atom stereocenters. The molecular weight excluding hydrogens is 524 g/mol. The van der Waals surface area contributed by atoms with Crippen molar-refractivity contribution in [3.8, 4) is 5.75 Å². The summed E-state index contributed by atoms with van der Waals surface area (Å²) in [6, 6.07) is 13.8. The topological polar surface area (TPSA) is 92.8 Å². The summed E-state index contributed by atoms with van der Waals surface area (Å²) in [5.41, 5.74) is 3.05. The predicted octanol–water partition coefficient (Wildman–Crippen LogP) is 5.27. The van der Waals surface area contributed by atoms with Gasteiger partial charge in [0.05, 0.1) is 31.5 Å². The highest BCUT2D eigenvalue weighted by Crippen LogP contribution is 2.34. The molecule has 3 aromatic rings. The van der Waals surface area contributed by atoms with Crippen molar-refractivity contribution in [2.45, 2.75) is 25.8 Å². The Bertz CT molecular complexity index is 1280. The Morgan fingerprint density at radius 3 is 2.75 bits per heavy atom. The fraction of sp³-hybridized carbons (Fsp3) is 0.296. The minimum Gasteiger partial charge on any atom is -0.494 e. The number of nitrogens with zero attached hydrogens (tertiary/aromatic N) is 2. The van der Waals surface area contributed by atoms with Gasteiger partial charge in [0.1, 0.15) is 5.75 Å². The van der Waals surface area contributed by atoms with E-state index in [0.29, 0.717) is 30.6 Å². The Hall–Kier alpha value is -3.43. The summed E-state index contributed by atoms with van der Waals surface area (Å²) >= 11 is 3.49. The Kier molecular flexibility index (Phi) is 8.56. The van der Waals surface area contributed by atoms with Gasteiger partial charge in [0.2, 0.25) is 5.91 Å². The van der Waals surface area contributed by atoms with Crippen LogP contribution in [0, 0.1) is 0 Å². The number of hydrogen-bond acceptors (Lipinski definition) is 7. The first kappa shape index (κ1) is 25.7. The van der Waals surface area contributed by atoms with Crippen LogP contribution < -0.4 is 15.4 Å². The maximum Gasteiger partial charge on any atom is 0.320 e. The number of nitrogens with one attached hydrogen (secondary N) is 2. The van der Waals surface area contributed by atoms with Crippen LogP contribution in [0.15, 0.2) is 65.3 Å². The van der Waals surface area contributed by atoms with Crippen molar-refractivity contribution in [3.05, 3.63) is 65.3 Å². The number of ether oxygens (including phenoxy) is 2. The van der Waals surface area contributed by atoms with E-state index in [0.717, 1.165) is 39.6 Å². The maximum atomic E-state index is 12.7. The van der Waals surface area contributed by atoms with Crippen molar-refractivity contribution in [2.75, 3.05) is 37.4 Å². The van der Waals surface area contributed by atoms with E-state index in [2.05, 4.69) is 31.5 Å². The van der Waals surface area contributed by atoms with Gasteiger partial charge >= 0.3 is 5.97 Å². The molecule has 188 valence electrons. The van der Waals surface area contributed by atoms with Gasteiger partial charge in [-0.1, -0.05) is 28.1 Å². The van der Waals surface area contributed by atoms with Gasteiger partial charge in [-0.2, -0.15) is 0 Å². The van der Waals surface area contributed by atoms with Crippen molar-refractivity contribution in [3.63, 3.8) is 0 Å². The number of carbonyl (C=O) groups is 2. The number of aromatic nitrogens is 1. The molecule has 1 aliphatic carbocycles. The zero-order valence-corrected chi connectivity index (χ0v) is 21.9. The molecule has 1 heterocycles. The Morgan fingerprint density at radius 2 is 2.03 bits per heavy atom. The normalized spacial score (nSPS) is 13.2. The fourth-order valence-corrected chi connectivity index (χ4v) is 4.29. The molecule has 4 rings (SSSR count). The summed E-state index contributed by atoms with van der Waals surface area (Å²) < 4.78 is 11.5. The molecule has 1 amide bonds. The molecule has 1 aliphatic rings. The van der Waals surface area contributed by atoms with Gasteiger partial charge in [0.15, 0.2) is 0 Å². The number of halogens is 1.